The van der Waals surface area contributed by atoms with E-state index < -0.39 is 0 Å². The van der Waals surface area contributed by atoms with Gasteiger partial charge in [-0.1, -0.05) is 18.2 Å². The number of nitrogens with zero attached hydrogens (tertiary/aromatic N) is 1. The molecule has 0 aromatic carbocycles. The normalized spacial score (nSPS) is 10.0. The summed E-state index contributed by atoms with van der Waals surface area (Å²) in [6.45, 7) is 0. The maximum Gasteiger partial charge on any atom is 0.273 e. The molecule has 0 spiro atoms. The molecule has 0 aliphatic heterocycles. The molecule has 0 saturated heterocycles. The minimum atomic E-state index is -0.136. The maximum atomic E-state index is 11.4. The topological polar surface area (TPSA) is 30.0 Å². The Bertz CT molecular complexity index is 465. The van der Waals surface area contributed by atoms with E-state index in [2.05, 4.69) is 4.98 Å². The summed E-state index contributed by atoms with van der Waals surface area (Å²) in [5.41, 5.74) is 0.612. The van der Waals surface area contributed by atoms with Crippen molar-refractivity contribution in [2.45, 2.75) is 6.42 Å². The van der Waals surface area contributed by atoms with E-state index in [0.717, 1.165) is 5.56 Å². The summed E-state index contributed by atoms with van der Waals surface area (Å²) in [7, 11) is 0. The zero-order chi connectivity index (χ0) is 9.80. The highest BCUT2D eigenvalue weighted by atomic mass is 32.1. The van der Waals surface area contributed by atoms with Gasteiger partial charge >= 0.3 is 0 Å². The van der Waals surface area contributed by atoms with Crippen molar-refractivity contribution in [1.82, 2.24) is 4.98 Å². The molecule has 2 rings (SSSR count). The lowest BCUT2D eigenvalue weighted by Gasteiger charge is -1.91. The van der Waals surface area contributed by atoms with Crippen LogP contribution in [0.3, 0.4) is 0 Å². The van der Waals surface area contributed by atoms with Gasteiger partial charge in [-0.25, -0.2) is 4.98 Å². The quantitative estimate of drug-likeness (QED) is 0.748. The summed E-state index contributed by atoms with van der Waals surface area (Å²) >= 11 is 1.66. The smallest absolute Gasteiger partial charge is 0.267 e. The van der Waals surface area contributed by atoms with Crippen molar-refractivity contribution >= 4 is 11.3 Å². The first kappa shape index (κ1) is 9.09. The highest BCUT2D eigenvalue weighted by molar-refractivity contribution is 7.09. The average molecular weight is 203 g/mol. The van der Waals surface area contributed by atoms with Crippen molar-refractivity contribution < 1.29 is 0 Å². The van der Waals surface area contributed by atoms with Crippen molar-refractivity contribution in [3.63, 3.8) is 0 Å². The van der Waals surface area contributed by atoms with Crippen LogP contribution >= 0.6 is 11.3 Å². The van der Waals surface area contributed by atoms with Gasteiger partial charge < -0.3 is 0 Å². The molecule has 3 heteroatoms. The van der Waals surface area contributed by atoms with Crippen molar-refractivity contribution in [1.29, 1.82) is 0 Å². The van der Waals surface area contributed by atoms with Crippen LogP contribution in [-0.2, 0) is 6.42 Å². The predicted octanol–water partition coefficient (Wildman–Crippen LogP) is 2.09. The molecule has 14 heavy (non-hydrogen) atoms. The van der Waals surface area contributed by atoms with Crippen LogP contribution in [0.4, 0.5) is 0 Å². The van der Waals surface area contributed by atoms with Gasteiger partial charge in [0, 0.05) is 23.1 Å². The van der Waals surface area contributed by atoms with E-state index in [1.807, 2.05) is 29.6 Å². The van der Waals surface area contributed by atoms with Gasteiger partial charge in [0.05, 0.1) is 0 Å². The van der Waals surface area contributed by atoms with Crippen LogP contribution < -0.4 is 5.56 Å². The van der Waals surface area contributed by atoms with E-state index in [0.29, 0.717) is 6.42 Å². The first-order chi connectivity index (χ1) is 6.86. The van der Waals surface area contributed by atoms with E-state index in [4.69, 9.17) is 0 Å². The molecule has 0 saturated carbocycles. The third-order valence-electron chi connectivity index (χ3n) is 1.91. The number of rotatable bonds is 2. The number of hydrogen-bond acceptors (Lipinski definition) is 3. The van der Waals surface area contributed by atoms with Crippen molar-refractivity contribution in [3.8, 4) is 0 Å². The molecule has 0 atom stereocenters. The van der Waals surface area contributed by atoms with E-state index in [-0.39, 0.29) is 5.56 Å². The van der Waals surface area contributed by atoms with Crippen LogP contribution in [0.15, 0.2) is 46.7 Å². The van der Waals surface area contributed by atoms with Gasteiger partial charge in [0.2, 0.25) is 0 Å². The zero-order valence-electron chi connectivity index (χ0n) is 7.51. The fourth-order valence-corrected chi connectivity index (χ4v) is 1.95. The molecule has 70 valence electrons. The Morgan fingerprint density at radius 1 is 1.21 bits per heavy atom. The Hall–Kier alpha value is -1.48. The van der Waals surface area contributed by atoms with Gasteiger partial charge in [-0.15, -0.1) is 11.3 Å². The second kappa shape index (κ2) is 4.15. The molecule has 0 aliphatic carbocycles. The number of thiophene rings is 1. The lowest BCUT2D eigenvalue weighted by Crippen LogP contribution is -2.08. The molecule has 2 aromatic rings. The Kier molecular flexibility index (Phi) is 2.70. The fraction of sp³-hybridized carbons (Fsp3) is 0.0909. The molecular weight excluding hydrogens is 194 g/mol. The molecule has 2 heterocycles. The van der Waals surface area contributed by atoms with Crippen LogP contribution in [0.25, 0.3) is 0 Å². The first-order valence-corrected chi connectivity index (χ1v) is 5.21. The van der Waals surface area contributed by atoms with Crippen molar-refractivity contribution in [2.75, 3.05) is 0 Å². The lowest BCUT2D eigenvalue weighted by atomic mass is 10.2. The summed E-state index contributed by atoms with van der Waals surface area (Å²) in [5.74, 6) is 0. The Morgan fingerprint density at radius 3 is 2.93 bits per heavy atom. The molecule has 2 nitrogen and oxygen atoms in total. The number of aromatic nitrogens is 1. The van der Waals surface area contributed by atoms with Gasteiger partial charge in [-0.3, -0.25) is 4.79 Å². The zero-order valence-corrected chi connectivity index (χ0v) is 8.33. The van der Waals surface area contributed by atoms with Crippen LogP contribution in [0.1, 0.15) is 10.4 Å². The lowest BCUT2D eigenvalue weighted by molar-refractivity contribution is 1.14. The van der Waals surface area contributed by atoms with Gasteiger partial charge in [-0.2, -0.15) is 0 Å². The maximum absolute atomic E-state index is 11.4. The molecular formula is C11H9NOS. The molecule has 0 fully saturated rings. The van der Waals surface area contributed by atoms with E-state index in [1.54, 1.807) is 17.4 Å². The molecule has 0 amide bonds. The van der Waals surface area contributed by atoms with E-state index in [1.165, 1.54) is 11.1 Å². The molecule has 2 aromatic heterocycles. The largest absolute Gasteiger partial charge is 0.273 e. The van der Waals surface area contributed by atoms with E-state index in [9.17, 15) is 4.79 Å². The standard InChI is InChI=1S/C11H9NOS/c13-11-9(4-1-2-6-12-11)8-10-5-3-7-14-10/h1-7H,8H2. The summed E-state index contributed by atoms with van der Waals surface area (Å²) < 4.78 is 0. The van der Waals surface area contributed by atoms with Crippen molar-refractivity contribution in [3.05, 3.63) is 62.7 Å². The summed E-state index contributed by atoms with van der Waals surface area (Å²) in [6.07, 6.45) is 2.21. The molecule has 0 N–H and O–H groups in total. The van der Waals surface area contributed by atoms with Crippen LogP contribution in [0, 0.1) is 0 Å². The Balaban J connectivity index is 2.35. The minimum absolute atomic E-state index is 0.136. The summed E-state index contributed by atoms with van der Waals surface area (Å²) in [6, 6.07) is 9.45. The average Bonchev–Trinajstić information content (AvgIpc) is 2.60. The van der Waals surface area contributed by atoms with E-state index >= 15 is 0 Å². The third-order valence-corrected chi connectivity index (χ3v) is 2.78. The van der Waals surface area contributed by atoms with Gasteiger partial charge in [0.15, 0.2) is 0 Å². The highest BCUT2D eigenvalue weighted by Crippen LogP contribution is 2.11. The van der Waals surface area contributed by atoms with Gasteiger partial charge in [-0.05, 0) is 17.5 Å². The molecule has 0 unspecified atom stereocenters. The fourth-order valence-electron chi connectivity index (χ4n) is 1.22. The third kappa shape index (κ3) is 2.06. The van der Waals surface area contributed by atoms with Crippen LogP contribution in [-0.4, -0.2) is 4.98 Å². The Morgan fingerprint density at radius 2 is 2.14 bits per heavy atom. The highest BCUT2D eigenvalue weighted by Gasteiger charge is 2.00. The van der Waals surface area contributed by atoms with Crippen LogP contribution in [0.2, 0.25) is 0 Å². The second-order valence-corrected chi connectivity index (χ2v) is 3.95. The first-order valence-electron chi connectivity index (χ1n) is 4.33. The molecule has 0 aliphatic rings. The van der Waals surface area contributed by atoms with Gasteiger partial charge in [0.25, 0.3) is 5.56 Å². The SMILES string of the molecule is O=c1nccccc1Cc1cccs1. The molecule has 0 bridgehead atoms. The second-order valence-electron chi connectivity index (χ2n) is 2.92. The number of hydrogen-bond donors (Lipinski definition) is 0. The monoisotopic (exact) mass is 203 g/mol. The molecule has 0 radical (unpaired) electrons. The van der Waals surface area contributed by atoms with Crippen LogP contribution in [0.5, 0.6) is 0 Å². The van der Waals surface area contributed by atoms with Crippen molar-refractivity contribution in [2.24, 2.45) is 0 Å². The summed E-state index contributed by atoms with van der Waals surface area (Å²) in [5, 5.41) is 2.01. The Labute approximate surface area is 85.9 Å². The predicted molar refractivity (Wildman–Crippen MR) is 57.6 cm³/mol. The summed E-state index contributed by atoms with van der Waals surface area (Å²) in [4.78, 5) is 16.4. The minimum Gasteiger partial charge on any atom is -0.267 e. The van der Waals surface area contributed by atoms with Gasteiger partial charge in [0.1, 0.15) is 0 Å².